The van der Waals surface area contributed by atoms with Crippen LogP contribution in [0.2, 0.25) is 5.02 Å². The Labute approximate surface area is 221 Å². The molecule has 1 amide bonds. The zero-order chi connectivity index (χ0) is 26.0. The number of halogens is 1. The summed E-state index contributed by atoms with van der Waals surface area (Å²) < 4.78 is 28.9. The average molecular weight is 530 g/mol. The Bertz CT molecular complexity index is 1590. The number of nitrogens with one attached hydrogen (secondary N) is 1. The fraction of sp³-hybridized carbons (Fsp3) is 0.103. The Morgan fingerprint density at radius 1 is 0.919 bits per heavy atom. The first-order valence-electron chi connectivity index (χ1n) is 11.8. The lowest BCUT2D eigenvalue weighted by atomic mass is 9.95. The van der Waals surface area contributed by atoms with Crippen molar-refractivity contribution in [2.75, 3.05) is 16.2 Å². The lowest BCUT2D eigenvalue weighted by Gasteiger charge is -2.33. The molecule has 3 aromatic carbocycles. The number of carbonyl (C=O) groups excluding carboxylic acids is 1. The molecule has 8 heteroatoms. The number of fused-ring (bicyclic) bond motifs is 1. The van der Waals surface area contributed by atoms with E-state index in [0.29, 0.717) is 33.1 Å². The highest BCUT2D eigenvalue weighted by Crippen LogP contribution is 2.44. The first-order chi connectivity index (χ1) is 17.9. The van der Waals surface area contributed by atoms with Gasteiger partial charge in [0.25, 0.3) is 15.9 Å². The van der Waals surface area contributed by atoms with Crippen LogP contribution in [-0.4, -0.2) is 25.9 Å². The van der Waals surface area contributed by atoms with Crippen molar-refractivity contribution in [2.45, 2.75) is 13.3 Å². The molecule has 0 saturated carbocycles. The normalized spacial score (nSPS) is 14.3. The van der Waals surface area contributed by atoms with Gasteiger partial charge in [-0.05, 0) is 72.5 Å². The molecule has 186 valence electrons. The number of aromatic nitrogens is 1. The fourth-order valence-corrected chi connectivity index (χ4v) is 6.43. The van der Waals surface area contributed by atoms with Crippen LogP contribution in [0.3, 0.4) is 0 Å². The number of pyridine rings is 1. The third kappa shape index (κ3) is 4.88. The van der Waals surface area contributed by atoms with E-state index in [0.717, 1.165) is 17.5 Å². The fourth-order valence-electron chi connectivity index (χ4n) is 4.51. The Morgan fingerprint density at radius 3 is 2.27 bits per heavy atom. The molecule has 0 fully saturated rings. The lowest BCUT2D eigenvalue weighted by Crippen LogP contribution is -2.39. The highest BCUT2D eigenvalue weighted by atomic mass is 35.5. The standard InChI is InChI=1S/C29H24ClN3O3S/c1-2-33-26-13-10-23(30)19-25(26)27(22-6-4-3-5-7-22)28(37(33,35)36)29(34)32-24-11-8-20(9-12-24)18-21-14-16-31-17-15-21/h3-17,19H,2,18H2,1H3,(H,32,34). The van der Waals surface area contributed by atoms with Crippen molar-refractivity contribution in [1.82, 2.24) is 4.98 Å². The summed E-state index contributed by atoms with van der Waals surface area (Å²) in [6, 6.07) is 25.3. The minimum absolute atomic E-state index is 0.166. The predicted molar refractivity (Wildman–Crippen MR) is 148 cm³/mol. The molecular formula is C29H24ClN3O3S. The molecular weight excluding hydrogens is 506 g/mol. The molecule has 0 unspecified atom stereocenters. The number of hydrogen-bond donors (Lipinski definition) is 1. The van der Waals surface area contributed by atoms with Crippen LogP contribution in [0.25, 0.3) is 5.57 Å². The summed E-state index contributed by atoms with van der Waals surface area (Å²) in [5, 5.41) is 3.25. The number of hydrogen-bond acceptors (Lipinski definition) is 4. The molecule has 4 aromatic rings. The molecule has 1 N–H and O–H groups in total. The zero-order valence-electron chi connectivity index (χ0n) is 20.1. The second-order valence-corrected chi connectivity index (χ2v) is 10.8. The van der Waals surface area contributed by atoms with Gasteiger partial charge in [0.1, 0.15) is 0 Å². The van der Waals surface area contributed by atoms with Gasteiger partial charge >= 0.3 is 0 Å². The van der Waals surface area contributed by atoms with Crippen molar-refractivity contribution in [3.8, 4) is 0 Å². The third-order valence-corrected chi connectivity index (χ3v) is 8.37. The number of rotatable bonds is 6. The molecule has 2 heterocycles. The van der Waals surface area contributed by atoms with Gasteiger partial charge in [-0.2, -0.15) is 0 Å². The molecule has 0 spiro atoms. The van der Waals surface area contributed by atoms with Gasteiger partial charge in [-0.25, -0.2) is 8.42 Å². The maximum atomic E-state index is 13.8. The Kier molecular flexibility index (Phi) is 6.82. The smallest absolute Gasteiger partial charge is 0.270 e. The summed E-state index contributed by atoms with van der Waals surface area (Å²) >= 11 is 6.33. The summed E-state index contributed by atoms with van der Waals surface area (Å²) in [6.45, 7) is 1.90. The first-order valence-corrected chi connectivity index (χ1v) is 13.6. The molecule has 1 aliphatic rings. The predicted octanol–water partition coefficient (Wildman–Crippen LogP) is 5.89. The van der Waals surface area contributed by atoms with E-state index < -0.39 is 15.9 Å². The molecule has 5 rings (SSSR count). The minimum Gasteiger partial charge on any atom is -0.321 e. The third-order valence-electron chi connectivity index (χ3n) is 6.20. The Morgan fingerprint density at radius 2 is 1.59 bits per heavy atom. The largest absolute Gasteiger partial charge is 0.321 e. The van der Waals surface area contributed by atoms with Gasteiger partial charge in [-0.15, -0.1) is 0 Å². The summed E-state index contributed by atoms with van der Waals surface area (Å²) in [5.74, 6) is -0.704. The van der Waals surface area contributed by atoms with Crippen molar-refractivity contribution in [3.05, 3.63) is 130 Å². The summed E-state index contributed by atoms with van der Waals surface area (Å²) in [6.07, 6.45) is 4.21. The van der Waals surface area contributed by atoms with E-state index in [1.54, 1.807) is 61.8 Å². The molecule has 0 atom stereocenters. The molecule has 37 heavy (non-hydrogen) atoms. The topological polar surface area (TPSA) is 79.4 Å². The lowest BCUT2D eigenvalue weighted by molar-refractivity contribution is -0.112. The average Bonchev–Trinajstić information content (AvgIpc) is 2.90. The van der Waals surface area contributed by atoms with Crippen molar-refractivity contribution in [1.29, 1.82) is 0 Å². The molecule has 0 saturated heterocycles. The molecule has 0 bridgehead atoms. The SMILES string of the molecule is CCN1c2ccc(Cl)cc2C(c2ccccc2)=C(C(=O)Nc2ccc(Cc3ccncc3)cc2)S1(=O)=O. The first kappa shape index (κ1) is 24.7. The van der Waals surface area contributed by atoms with Gasteiger partial charge in [0.15, 0.2) is 4.91 Å². The van der Waals surface area contributed by atoms with Crippen molar-refractivity contribution in [3.63, 3.8) is 0 Å². The molecule has 0 aliphatic carbocycles. The molecule has 1 aliphatic heterocycles. The van der Waals surface area contributed by atoms with Crippen LogP contribution in [-0.2, 0) is 21.2 Å². The number of anilines is 2. The van der Waals surface area contributed by atoms with E-state index in [4.69, 9.17) is 11.6 Å². The summed E-state index contributed by atoms with van der Waals surface area (Å²) in [7, 11) is -4.15. The highest BCUT2D eigenvalue weighted by Gasteiger charge is 2.40. The van der Waals surface area contributed by atoms with Crippen LogP contribution in [0, 0.1) is 0 Å². The molecule has 0 radical (unpaired) electrons. The number of carbonyl (C=O) groups is 1. The van der Waals surface area contributed by atoms with Crippen LogP contribution in [0.15, 0.2) is 102 Å². The van der Waals surface area contributed by atoms with E-state index in [2.05, 4.69) is 10.3 Å². The van der Waals surface area contributed by atoms with Crippen molar-refractivity contribution >= 4 is 44.5 Å². The van der Waals surface area contributed by atoms with Crippen LogP contribution in [0.4, 0.5) is 11.4 Å². The molecule has 6 nitrogen and oxygen atoms in total. The van der Waals surface area contributed by atoms with Gasteiger partial charge in [0.05, 0.1) is 5.69 Å². The Balaban J connectivity index is 1.57. The number of benzene rings is 3. The van der Waals surface area contributed by atoms with Gasteiger partial charge in [-0.3, -0.25) is 14.1 Å². The minimum atomic E-state index is -4.15. The monoisotopic (exact) mass is 529 g/mol. The van der Waals surface area contributed by atoms with Crippen LogP contribution in [0.1, 0.15) is 29.2 Å². The number of sulfonamides is 1. The van der Waals surface area contributed by atoms with Crippen LogP contribution < -0.4 is 9.62 Å². The van der Waals surface area contributed by atoms with E-state index >= 15 is 0 Å². The zero-order valence-corrected chi connectivity index (χ0v) is 21.6. The highest BCUT2D eigenvalue weighted by molar-refractivity contribution is 7.97. The summed E-state index contributed by atoms with van der Waals surface area (Å²) in [4.78, 5) is 17.4. The number of amides is 1. The van der Waals surface area contributed by atoms with Gasteiger partial charge in [0.2, 0.25) is 0 Å². The maximum absolute atomic E-state index is 13.8. The van der Waals surface area contributed by atoms with E-state index in [1.165, 1.54) is 4.31 Å². The summed E-state index contributed by atoms with van der Waals surface area (Å²) in [5.41, 5.74) is 4.70. The van der Waals surface area contributed by atoms with Crippen LogP contribution >= 0.6 is 11.6 Å². The molecule has 1 aromatic heterocycles. The van der Waals surface area contributed by atoms with Gasteiger partial charge in [-0.1, -0.05) is 54.1 Å². The Hall–Kier alpha value is -3.94. The van der Waals surface area contributed by atoms with E-state index in [9.17, 15) is 13.2 Å². The van der Waals surface area contributed by atoms with Gasteiger partial charge < -0.3 is 5.32 Å². The van der Waals surface area contributed by atoms with E-state index in [1.807, 2.05) is 42.5 Å². The second-order valence-electron chi connectivity index (χ2n) is 8.58. The quantitative estimate of drug-likeness (QED) is 0.337. The number of nitrogens with zero attached hydrogens (tertiary/aromatic N) is 2. The maximum Gasteiger partial charge on any atom is 0.270 e. The van der Waals surface area contributed by atoms with Crippen LogP contribution in [0.5, 0.6) is 0 Å². The van der Waals surface area contributed by atoms with E-state index in [-0.39, 0.29) is 11.4 Å². The van der Waals surface area contributed by atoms with Gasteiger partial charge in [0, 0.05) is 40.8 Å². The second kappa shape index (κ2) is 10.2. The van der Waals surface area contributed by atoms with Crippen molar-refractivity contribution in [2.24, 2.45) is 0 Å². The van der Waals surface area contributed by atoms with Crippen molar-refractivity contribution < 1.29 is 13.2 Å².